The number of aromatic nitrogens is 1. The number of halogens is 1. The Labute approximate surface area is 202 Å². The lowest BCUT2D eigenvalue weighted by Crippen LogP contribution is -2.61. The third-order valence-corrected chi connectivity index (χ3v) is 7.17. The maximum absolute atomic E-state index is 13.8. The van der Waals surface area contributed by atoms with Crippen LogP contribution in [0.25, 0.3) is 0 Å². The summed E-state index contributed by atoms with van der Waals surface area (Å²) in [5.74, 6) is -0.692. The molecule has 0 spiro atoms. The van der Waals surface area contributed by atoms with Gasteiger partial charge in [-0.2, -0.15) is 0 Å². The van der Waals surface area contributed by atoms with Crippen molar-refractivity contribution in [2.45, 2.75) is 63.6 Å². The Balaban J connectivity index is 1.35. The molecule has 184 valence electrons. The van der Waals surface area contributed by atoms with Crippen LogP contribution in [-0.2, 0) is 16.1 Å². The van der Waals surface area contributed by atoms with Crippen LogP contribution in [0.3, 0.4) is 0 Å². The Morgan fingerprint density at radius 2 is 1.88 bits per heavy atom. The van der Waals surface area contributed by atoms with E-state index in [1.54, 1.807) is 0 Å². The Morgan fingerprint density at radius 3 is 2.59 bits per heavy atom. The molecule has 1 amide bonds. The number of nitrogens with one attached hydrogen (secondary N) is 1. The minimum absolute atomic E-state index is 0.00366. The number of piperazine rings is 1. The standard InChI is InChI=1S/C27H37FN4O2/c1-26(2)21-27(13-19-34-26,12-6-11-24(33)30-25-23(28)10-7-14-29-25)32-17-15-31(16-18-32)20-22-8-4-3-5-9-22/h3-5,7-10,14H,6,11-13,15-21H2,1-2H3,(H,29,30,33). The van der Waals surface area contributed by atoms with Gasteiger partial charge in [-0.1, -0.05) is 30.3 Å². The van der Waals surface area contributed by atoms with Crippen molar-refractivity contribution < 1.29 is 13.9 Å². The van der Waals surface area contributed by atoms with E-state index in [0.717, 1.165) is 65.0 Å². The SMILES string of the molecule is CC1(C)CC(CCCC(=O)Nc2ncccc2F)(N2CCN(Cc3ccccc3)CC2)CCO1. The van der Waals surface area contributed by atoms with E-state index < -0.39 is 5.82 Å². The van der Waals surface area contributed by atoms with E-state index in [0.29, 0.717) is 6.42 Å². The predicted octanol–water partition coefficient (Wildman–Crippen LogP) is 4.48. The zero-order valence-electron chi connectivity index (χ0n) is 20.4. The Hall–Kier alpha value is -2.35. The van der Waals surface area contributed by atoms with Crippen LogP contribution >= 0.6 is 0 Å². The smallest absolute Gasteiger partial charge is 0.225 e. The van der Waals surface area contributed by atoms with E-state index >= 15 is 0 Å². The number of hydrogen-bond donors (Lipinski definition) is 1. The number of benzene rings is 1. The first-order valence-electron chi connectivity index (χ1n) is 12.4. The fourth-order valence-corrected chi connectivity index (χ4v) is 5.56. The molecule has 2 fully saturated rings. The van der Waals surface area contributed by atoms with Gasteiger partial charge in [0.15, 0.2) is 11.6 Å². The number of rotatable bonds is 8. The molecule has 2 aliphatic rings. The molecule has 0 radical (unpaired) electrons. The van der Waals surface area contributed by atoms with Crippen LogP contribution in [0.5, 0.6) is 0 Å². The molecular weight excluding hydrogens is 431 g/mol. The van der Waals surface area contributed by atoms with E-state index in [9.17, 15) is 9.18 Å². The Bertz CT molecular complexity index is 947. The molecule has 7 heteroatoms. The Morgan fingerprint density at radius 1 is 1.12 bits per heavy atom. The quantitative estimate of drug-likeness (QED) is 0.619. The van der Waals surface area contributed by atoms with Gasteiger partial charge in [0.25, 0.3) is 0 Å². The van der Waals surface area contributed by atoms with E-state index in [1.165, 1.54) is 23.9 Å². The van der Waals surface area contributed by atoms with Crippen LogP contribution < -0.4 is 5.32 Å². The van der Waals surface area contributed by atoms with Crippen LogP contribution in [0.2, 0.25) is 0 Å². The number of anilines is 1. The van der Waals surface area contributed by atoms with Gasteiger partial charge in [0.1, 0.15) is 0 Å². The van der Waals surface area contributed by atoms with Crippen LogP contribution in [0, 0.1) is 5.82 Å². The van der Waals surface area contributed by atoms with Crippen molar-refractivity contribution in [3.8, 4) is 0 Å². The molecule has 6 nitrogen and oxygen atoms in total. The summed E-state index contributed by atoms with van der Waals surface area (Å²) in [6.45, 7) is 10.2. The van der Waals surface area contributed by atoms with Gasteiger partial charge in [-0.15, -0.1) is 0 Å². The molecule has 34 heavy (non-hydrogen) atoms. The summed E-state index contributed by atoms with van der Waals surface area (Å²) < 4.78 is 19.9. The number of ether oxygens (including phenoxy) is 1. The van der Waals surface area contributed by atoms with Gasteiger partial charge in [0.05, 0.1) is 5.60 Å². The lowest BCUT2D eigenvalue weighted by atomic mass is 9.76. The highest BCUT2D eigenvalue weighted by atomic mass is 19.1. The van der Waals surface area contributed by atoms with Gasteiger partial charge >= 0.3 is 0 Å². The van der Waals surface area contributed by atoms with Gasteiger partial charge in [-0.25, -0.2) is 9.37 Å². The Kier molecular flexibility index (Phi) is 7.96. The number of pyridine rings is 1. The molecule has 0 saturated carbocycles. The number of amides is 1. The van der Waals surface area contributed by atoms with Crippen LogP contribution in [-0.4, -0.2) is 64.6 Å². The van der Waals surface area contributed by atoms with Crippen molar-refractivity contribution in [3.05, 3.63) is 60.0 Å². The van der Waals surface area contributed by atoms with Gasteiger partial charge in [-0.05, 0) is 57.2 Å². The molecule has 1 aromatic carbocycles. The second kappa shape index (κ2) is 10.9. The fourth-order valence-electron chi connectivity index (χ4n) is 5.56. The first-order valence-corrected chi connectivity index (χ1v) is 12.4. The van der Waals surface area contributed by atoms with Crippen LogP contribution in [0.1, 0.15) is 51.5 Å². The second-order valence-electron chi connectivity index (χ2n) is 10.2. The maximum atomic E-state index is 13.8. The summed E-state index contributed by atoms with van der Waals surface area (Å²) in [6, 6.07) is 13.5. The van der Waals surface area contributed by atoms with Gasteiger partial charge < -0.3 is 10.1 Å². The molecule has 1 aromatic heterocycles. The average molecular weight is 469 g/mol. The highest BCUT2D eigenvalue weighted by Crippen LogP contribution is 2.40. The first-order chi connectivity index (χ1) is 16.4. The normalized spacial score (nSPS) is 23.5. The van der Waals surface area contributed by atoms with E-state index in [4.69, 9.17) is 4.74 Å². The van der Waals surface area contributed by atoms with Crippen molar-refractivity contribution in [3.63, 3.8) is 0 Å². The zero-order valence-corrected chi connectivity index (χ0v) is 20.4. The highest BCUT2D eigenvalue weighted by Gasteiger charge is 2.45. The predicted molar refractivity (Wildman–Crippen MR) is 132 cm³/mol. The molecule has 0 aliphatic carbocycles. The van der Waals surface area contributed by atoms with Gasteiger partial charge in [0.2, 0.25) is 5.91 Å². The van der Waals surface area contributed by atoms with E-state index in [1.807, 2.05) is 0 Å². The lowest BCUT2D eigenvalue weighted by molar-refractivity contribution is -0.131. The molecule has 2 saturated heterocycles. The summed E-state index contributed by atoms with van der Waals surface area (Å²) in [4.78, 5) is 21.6. The monoisotopic (exact) mass is 468 g/mol. The third-order valence-electron chi connectivity index (χ3n) is 7.17. The van der Waals surface area contributed by atoms with Gasteiger partial charge in [0, 0.05) is 57.5 Å². The number of nitrogens with zero attached hydrogens (tertiary/aromatic N) is 3. The largest absolute Gasteiger partial charge is 0.375 e. The summed E-state index contributed by atoms with van der Waals surface area (Å²) in [5, 5.41) is 2.62. The molecule has 1 N–H and O–H groups in total. The van der Waals surface area contributed by atoms with Crippen molar-refractivity contribution in [2.75, 3.05) is 38.1 Å². The zero-order chi connectivity index (χ0) is 24.0. The molecule has 2 aromatic rings. The van der Waals surface area contributed by atoms with Crippen LogP contribution in [0.15, 0.2) is 48.7 Å². The molecule has 1 unspecified atom stereocenters. The van der Waals surface area contributed by atoms with Crippen molar-refractivity contribution in [2.24, 2.45) is 0 Å². The lowest BCUT2D eigenvalue weighted by Gasteiger charge is -2.53. The summed E-state index contributed by atoms with van der Waals surface area (Å²) in [7, 11) is 0. The summed E-state index contributed by atoms with van der Waals surface area (Å²) >= 11 is 0. The molecular formula is C27H37FN4O2. The van der Waals surface area contributed by atoms with Gasteiger partial charge in [-0.3, -0.25) is 14.6 Å². The number of hydrogen-bond acceptors (Lipinski definition) is 5. The van der Waals surface area contributed by atoms with Crippen LogP contribution in [0.4, 0.5) is 10.2 Å². The van der Waals surface area contributed by atoms with Crippen molar-refractivity contribution >= 4 is 11.7 Å². The molecule has 1 atom stereocenters. The minimum Gasteiger partial charge on any atom is -0.375 e. The molecule has 3 heterocycles. The first kappa shape index (κ1) is 24.8. The van der Waals surface area contributed by atoms with E-state index in [-0.39, 0.29) is 22.9 Å². The third kappa shape index (κ3) is 6.40. The summed E-state index contributed by atoms with van der Waals surface area (Å²) in [5.41, 5.74) is 1.20. The summed E-state index contributed by atoms with van der Waals surface area (Å²) in [6.07, 6.45) is 5.44. The average Bonchev–Trinajstić information content (AvgIpc) is 2.81. The van der Waals surface area contributed by atoms with Crippen molar-refractivity contribution in [1.29, 1.82) is 0 Å². The molecule has 2 aliphatic heterocycles. The fraction of sp³-hybridized carbons (Fsp3) is 0.556. The molecule has 0 bridgehead atoms. The molecule has 4 rings (SSSR count). The second-order valence-corrected chi connectivity index (χ2v) is 10.2. The topological polar surface area (TPSA) is 57.7 Å². The number of carbonyl (C=O) groups is 1. The van der Waals surface area contributed by atoms with E-state index in [2.05, 4.69) is 64.3 Å². The minimum atomic E-state index is -0.508. The highest BCUT2D eigenvalue weighted by molar-refractivity contribution is 5.89. The number of carbonyl (C=O) groups excluding carboxylic acids is 1. The van der Waals surface area contributed by atoms with Crippen molar-refractivity contribution in [1.82, 2.24) is 14.8 Å². The maximum Gasteiger partial charge on any atom is 0.225 e.